The summed E-state index contributed by atoms with van der Waals surface area (Å²) in [6.45, 7) is 1.64. The molecule has 13 heteroatoms. The van der Waals surface area contributed by atoms with E-state index in [1.54, 1.807) is 24.5 Å². The van der Waals surface area contributed by atoms with E-state index in [1.807, 2.05) is 21.7 Å². The van der Waals surface area contributed by atoms with Crippen LogP contribution in [-0.4, -0.2) is 69.1 Å². The highest BCUT2D eigenvalue weighted by atomic mass is 32.2. The minimum absolute atomic E-state index is 0.114. The molecule has 1 aliphatic heterocycles. The van der Waals surface area contributed by atoms with Gasteiger partial charge in [-0.15, -0.1) is 0 Å². The van der Waals surface area contributed by atoms with Gasteiger partial charge in [0.1, 0.15) is 5.52 Å². The maximum absolute atomic E-state index is 13.6. The molecule has 0 saturated carbocycles. The molecular weight excluding hydrogens is 551 g/mol. The average molecular weight is 578 g/mol. The first kappa shape index (κ1) is 27.4. The predicted molar refractivity (Wildman–Crippen MR) is 146 cm³/mol. The third-order valence-electron chi connectivity index (χ3n) is 7.14. The van der Waals surface area contributed by atoms with Gasteiger partial charge in [-0.3, -0.25) is 4.98 Å². The number of sulfonamides is 1. The second-order valence-electron chi connectivity index (χ2n) is 9.65. The lowest BCUT2D eigenvalue weighted by molar-refractivity contribution is -0.258. The largest absolute Gasteiger partial charge is 0.421 e. The van der Waals surface area contributed by atoms with E-state index < -0.39 is 27.8 Å². The van der Waals surface area contributed by atoms with Gasteiger partial charge in [-0.05, 0) is 36.8 Å². The SMILES string of the molecule is C[C@](O)(c1ccc(N2CCN(S(=O)(=O)C3=CC=CCC3=S)C[C@@H]2Cn2ccc3nccnc32)cc1)C(F)(F)F. The minimum atomic E-state index is -4.84. The first-order valence-corrected chi connectivity index (χ1v) is 14.1. The van der Waals surface area contributed by atoms with Crippen LogP contribution < -0.4 is 4.90 Å². The molecule has 1 N–H and O–H groups in total. The number of rotatable bonds is 6. The smallest absolute Gasteiger partial charge is 0.376 e. The Morgan fingerprint density at radius 1 is 1.10 bits per heavy atom. The Kier molecular flexibility index (Phi) is 7.12. The molecule has 0 radical (unpaired) electrons. The molecule has 39 heavy (non-hydrogen) atoms. The van der Waals surface area contributed by atoms with Gasteiger partial charge in [0.2, 0.25) is 10.0 Å². The van der Waals surface area contributed by atoms with Crippen LogP contribution >= 0.6 is 12.2 Å². The molecule has 206 valence electrons. The molecule has 1 saturated heterocycles. The predicted octanol–water partition coefficient (Wildman–Crippen LogP) is 3.94. The molecule has 2 aliphatic rings. The number of hydrogen-bond acceptors (Lipinski definition) is 7. The zero-order valence-corrected chi connectivity index (χ0v) is 22.5. The van der Waals surface area contributed by atoms with E-state index in [-0.39, 0.29) is 23.6 Å². The molecule has 3 heterocycles. The van der Waals surface area contributed by atoms with Gasteiger partial charge in [0.25, 0.3) is 0 Å². The van der Waals surface area contributed by atoms with E-state index in [0.29, 0.717) is 48.1 Å². The maximum atomic E-state index is 13.6. The van der Waals surface area contributed by atoms with E-state index in [1.165, 1.54) is 34.6 Å². The summed E-state index contributed by atoms with van der Waals surface area (Å²) in [5.41, 5.74) is -1.35. The number of aromatic nitrogens is 3. The third-order valence-corrected chi connectivity index (χ3v) is 9.60. The van der Waals surface area contributed by atoms with Gasteiger partial charge in [0.05, 0.1) is 10.9 Å². The van der Waals surface area contributed by atoms with Crippen LogP contribution in [0.4, 0.5) is 18.9 Å². The fourth-order valence-corrected chi connectivity index (χ4v) is 6.93. The van der Waals surface area contributed by atoms with Gasteiger partial charge in [-0.25, -0.2) is 13.4 Å². The summed E-state index contributed by atoms with van der Waals surface area (Å²) >= 11 is 5.33. The van der Waals surface area contributed by atoms with Gasteiger partial charge in [0.15, 0.2) is 11.2 Å². The summed E-state index contributed by atoms with van der Waals surface area (Å²) in [4.78, 5) is 11.1. The topological polar surface area (TPSA) is 91.6 Å². The van der Waals surface area contributed by atoms with Crippen molar-refractivity contribution in [2.24, 2.45) is 0 Å². The van der Waals surface area contributed by atoms with Crippen molar-refractivity contribution >= 4 is 44.0 Å². The van der Waals surface area contributed by atoms with Crippen molar-refractivity contribution in [3.8, 4) is 0 Å². The van der Waals surface area contributed by atoms with Crippen molar-refractivity contribution < 1.29 is 26.7 Å². The zero-order chi connectivity index (χ0) is 28.0. The molecule has 0 bridgehead atoms. The number of aliphatic hydroxyl groups is 1. The summed E-state index contributed by atoms with van der Waals surface area (Å²) < 4.78 is 70.5. The van der Waals surface area contributed by atoms with Crippen molar-refractivity contribution in [2.45, 2.75) is 37.7 Å². The number of allylic oxidation sites excluding steroid dienone is 4. The lowest BCUT2D eigenvalue weighted by Gasteiger charge is -2.42. The number of halogens is 3. The minimum Gasteiger partial charge on any atom is -0.376 e. The number of hydrogen-bond donors (Lipinski definition) is 1. The monoisotopic (exact) mass is 577 g/mol. The zero-order valence-electron chi connectivity index (χ0n) is 20.9. The first-order chi connectivity index (χ1) is 18.4. The Morgan fingerprint density at radius 2 is 1.82 bits per heavy atom. The van der Waals surface area contributed by atoms with Gasteiger partial charge in [-0.2, -0.15) is 17.5 Å². The van der Waals surface area contributed by atoms with E-state index in [9.17, 15) is 26.7 Å². The second-order valence-corrected chi connectivity index (χ2v) is 12.0. The number of nitrogens with zero attached hydrogens (tertiary/aromatic N) is 5. The van der Waals surface area contributed by atoms with Gasteiger partial charge < -0.3 is 14.6 Å². The number of piperazine rings is 1. The summed E-state index contributed by atoms with van der Waals surface area (Å²) in [5, 5.41) is 10.1. The van der Waals surface area contributed by atoms with Crippen LogP contribution in [0.15, 0.2) is 72.1 Å². The number of thiocarbonyl (C=S) groups is 1. The summed E-state index contributed by atoms with van der Waals surface area (Å²) in [6, 6.07) is 6.95. The third kappa shape index (κ3) is 5.11. The fourth-order valence-electron chi connectivity index (χ4n) is 4.86. The highest BCUT2D eigenvalue weighted by Crippen LogP contribution is 2.39. The van der Waals surface area contributed by atoms with Crippen LogP contribution in [0.3, 0.4) is 0 Å². The molecule has 1 aromatic carbocycles. The fraction of sp³-hybridized carbons (Fsp3) is 0.346. The van der Waals surface area contributed by atoms with E-state index >= 15 is 0 Å². The van der Waals surface area contributed by atoms with E-state index in [4.69, 9.17) is 12.2 Å². The molecule has 2 aromatic heterocycles. The summed E-state index contributed by atoms with van der Waals surface area (Å²) in [5.74, 6) is 0. The number of alkyl halides is 3. The van der Waals surface area contributed by atoms with Crippen LogP contribution in [-0.2, 0) is 22.2 Å². The summed E-state index contributed by atoms with van der Waals surface area (Å²) in [6.07, 6.45) is 5.53. The van der Waals surface area contributed by atoms with Crippen molar-refractivity contribution in [1.29, 1.82) is 0 Å². The molecule has 0 unspecified atom stereocenters. The van der Waals surface area contributed by atoms with Crippen molar-refractivity contribution in [3.05, 3.63) is 77.6 Å². The van der Waals surface area contributed by atoms with Crippen LogP contribution in [0.1, 0.15) is 18.9 Å². The Morgan fingerprint density at radius 3 is 2.51 bits per heavy atom. The average Bonchev–Trinajstić information content (AvgIpc) is 3.31. The van der Waals surface area contributed by atoms with Crippen LogP contribution in [0.25, 0.3) is 11.2 Å². The Balaban J connectivity index is 1.48. The van der Waals surface area contributed by atoms with E-state index in [2.05, 4.69) is 9.97 Å². The van der Waals surface area contributed by atoms with Gasteiger partial charge in [-0.1, -0.05) is 36.5 Å². The Bertz CT molecular complexity index is 1560. The molecule has 1 fully saturated rings. The number of benzene rings is 1. The van der Waals surface area contributed by atoms with Gasteiger partial charge >= 0.3 is 6.18 Å². The molecule has 0 amide bonds. The summed E-state index contributed by atoms with van der Waals surface area (Å²) in [7, 11) is -3.86. The highest BCUT2D eigenvalue weighted by molar-refractivity contribution is 7.96. The molecule has 8 nitrogen and oxygen atoms in total. The Hall–Kier alpha value is -3.13. The molecule has 3 aromatic rings. The molecule has 5 rings (SSSR count). The normalized spacial score (nSPS) is 20.7. The highest BCUT2D eigenvalue weighted by Gasteiger charge is 2.51. The van der Waals surface area contributed by atoms with Crippen LogP contribution in [0.5, 0.6) is 0 Å². The maximum Gasteiger partial charge on any atom is 0.421 e. The quantitative estimate of drug-likeness (QED) is 0.444. The van der Waals surface area contributed by atoms with Crippen LogP contribution in [0, 0.1) is 0 Å². The van der Waals surface area contributed by atoms with Gasteiger partial charge in [0, 0.05) is 61.7 Å². The van der Waals surface area contributed by atoms with E-state index in [0.717, 1.165) is 0 Å². The second kappa shape index (κ2) is 10.1. The molecule has 0 spiro atoms. The number of fused-ring (bicyclic) bond motifs is 1. The van der Waals surface area contributed by atoms with Crippen LogP contribution in [0.2, 0.25) is 0 Å². The number of anilines is 1. The molecular formula is C26H26F3N5O3S2. The standard InChI is InChI=1S/C26H26F3N5O3S2/c1-25(35,26(27,28)29)18-6-8-19(9-7-18)34-15-14-33(39(36,37)23-5-3-2-4-22(23)38)17-20(34)16-32-13-10-21-24(32)31-12-11-30-21/h2-3,5-13,20,35H,4,14-17H2,1H3/t20-,25-/m0/s1. The van der Waals surface area contributed by atoms with Crippen molar-refractivity contribution in [1.82, 2.24) is 18.8 Å². The molecule has 1 aliphatic carbocycles. The first-order valence-electron chi connectivity index (χ1n) is 12.2. The van der Waals surface area contributed by atoms with Crippen molar-refractivity contribution in [3.63, 3.8) is 0 Å². The Labute approximate surface area is 229 Å². The van der Waals surface area contributed by atoms with Crippen molar-refractivity contribution in [2.75, 3.05) is 24.5 Å². The lowest BCUT2D eigenvalue weighted by Crippen LogP contribution is -2.56. The molecule has 2 atom stereocenters. The lowest BCUT2D eigenvalue weighted by atomic mass is 9.95.